The summed E-state index contributed by atoms with van der Waals surface area (Å²) >= 11 is 0. The number of ether oxygens (including phenoxy) is 1. The van der Waals surface area contributed by atoms with Crippen LogP contribution in [0.3, 0.4) is 0 Å². The lowest BCUT2D eigenvalue weighted by molar-refractivity contribution is 0.0600. The largest absolute Gasteiger partial charge is 0.465 e. The lowest BCUT2D eigenvalue weighted by Gasteiger charge is -2.24. The van der Waals surface area contributed by atoms with Crippen LogP contribution in [0.15, 0.2) is 66.7 Å². The maximum absolute atomic E-state index is 14.5. The molecule has 0 saturated heterocycles. The van der Waals surface area contributed by atoms with Crippen molar-refractivity contribution in [2.24, 2.45) is 0 Å². The van der Waals surface area contributed by atoms with Crippen LogP contribution in [0.1, 0.15) is 63.1 Å². The van der Waals surface area contributed by atoms with Crippen molar-refractivity contribution in [1.82, 2.24) is 5.32 Å². The molecule has 0 atom stereocenters. The monoisotopic (exact) mass is 470 g/mol. The number of para-hydroxylation sites is 1. The van der Waals surface area contributed by atoms with Crippen LogP contribution in [0.4, 0.5) is 10.1 Å². The SMILES string of the molecule is COC(=O)c1ccc(C2(NC(=O)c3cccc4c3N(Cc3ccccc3F)CC43CC3)CC2)cc1. The maximum atomic E-state index is 14.5. The summed E-state index contributed by atoms with van der Waals surface area (Å²) in [5.74, 6) is -0.720. The van der Waals surface area contributed by atoms with Crippen LogP contribution in [0.25, 0.3) is 0 Å². The third-order valence-electron chi connectivity index (χ3n) is 7.80. The molecule has 5 nitrogen and oxygen atoms in total. The van der Waals surface area contributed by atoms with Gasteiger partial charge in [-0.1, -0.05) is 42.5 Å². The van der Waals surface area contributed by atoms with Gasteiger partial charge < -0.3 is 15.0 Å². The Morgan fingerprint density at radius 2 is 1.71 bits per heavy atom. The van der Waals surface area contributed by atoms with E-state index in [2.05, 4.69) is 16.3 Å². The number of carbonyl (C=O) groups is 2. The van der Waals surface area contributed by atoms with Gasteiger partial charge in [0.2, 0.25) is 0 Å². The minimum absolute atomic E-state index is 0.0812. The molecule has 2 aliphatic carbocycles. The van der Waals surface area contributed by atoms with Gasteiger partial charge in [0.25, 0.3) is 5.91 Å². The molecule has 1 N–H and O–H groups in total. The normalized spacial score (nSPS) is 18.2. The van der Waals surface area contributed by atoms with E-state index in [4.69, 9.17) is 4.74 Å². The highest BCUT2D eigenvalue weighted by atomic mass is 19.1. The third kappa shape index (κ3) is 3.68. The number of hydrogen-bond donors (Lipinski definition) is 1. The number of hydrogen-bond acceptors (Lipinski definition) is 4. The molecule has 3 aromatic carbocycles. The first-order valence-corrected chi connectivity index (χ1v) is 12.1. The number of nitrogens with one attached hydrogen (secondary N) is 1. The van der Waals surface area contributed by atoms with Gasteiger partial charge in [-0.05, 0) is 61.1 Å². The minimum Gasteiger partial charge on any atom is -0.465 e. The number of esters is 1. The first-order chi connectivity index (χ1) is 16.9. The summed E-state index contributed by atoms with van der Waals surface area (Å²) in [5.41, 5.74) is 4.52. The average Bonchev–Trinajstić information content (AvgIpc) is 3.80. The van der Waals surface area contributed by atoms with Gasteiger partial charge in [0, 0.05) is 24.1 Å². The van der Waals surface area contributed by atoms with E-state index in [1.165, 1.54) is 18.7 Å². The summed E-state index contributed by atoms with van der Waals surface area (Å²) in [5, 5.41) is 3.28. The van der Waals surface area contributed by atoms with E-state index < -0.39 is 5.54 Å². The van der Waals surface area contributed by atoms with Crippen LogP contribution < -0.4 is 10.2 Å². The lowest BCUT2D eigenvalue weighted by atomic mass is 9.96. The lowest BCUT2D eigenvalue weighted by Crippen LogP contribution is -2.36. The summed E-state index contributed by atoms with van der Waals surface area (Å²) in [6, 6.07) is 20.1. The van der Waals surface area contributed by atoms with Crippen molar-refractivity contribution in [3.05, 3.63) is 100 Å². The molecule has 3 aliphatic rings. The highest BCUT2D eigenvalue weighted by Crippen LogP contribution is 2.57. The second-order valence-electron chi connectivity index (χ2n) is 10.0. The number of fused-ring (bicyclic) bond motifs is 2. The van der Waals surface area contributed by atoms with Gasteiger partial charge in [-0.3, -0.25) is 4.79 Å². The summed E-state index contributed by atoms with van der Waals surface area (Å²) in [7, 11) is 1.36. The van der Waals surface area contributed by atoms with Gasteiger partial charge in [-0.15, -0.1) is 0 Å². The molecule has 0 radical (unpaired) electrons. The smallest absolute Gasteiger partial charge is 0.337 e. The van der Waals surface area contributed by atoms with Gasteiger partial charge in [0.15, 0.2) is 0 Å². The predicted molar refractivity (Wildman–Crippen MR) is 131 cm³/mol. The molecule has 6 rings (SSSR count). The number of anilines is 1. The van der Waals surface area contributed by atoms with Crippen LogP contribution in [0.5, 0.6) is 0 Å². The fourth-order valence-corrected chi connectivity index (χ4v) is 5.51. The van der Waals surface area contributed by atoms with Crippen molar-refractivity contribution in [3.63, 3.8) is 0 Å². The molecule has 2 saturated carbocycles. The Labute approximate surface area is 203 Å². The summed E-state index contributed by atoms with van der Waals surface area (Å²) in [4.78, 5) is 27.6. The van der Waals surface area contributed by atoms with Crippen molar-refractivity contribution >= 4 is 17.6 Å². The molecule has 35 heavy (non-hydrogen) atoms. The van der Waals surface area contributed by atoms with Gasteiger partial charge in [-0.25, -0.2) is 9.18 Å². The van der Waals surface area contributed by atoms with E-state index in [9.17, 15) is 14.0 Å². The number of benzene rings is 3. The number of halogens is 1. The zero-order valence-electron chi connectivity index (χ0n) is 19.6. The Balaban J connectivity index is 1.29. The van der Waals surface area contributed by atoms with Gasteiger partial charge in [-0.2, -0.15) is 0 Å². The second-order valence-corrected chi connectivity index (χ2v) is 10.0. The summed E-state index contributed by atoms with van der Waals surface area (Å²) < 4.78 is 19.3. The van der Waals surface area contributed by atoms with E-state index in [0.717, 1.165) is 43.5 Å². The van der Waals surface area contributed by atoms with Gasteiger partial charge >= 0.3 is 5.97 Å². The molecule has 3 aromatic rings. The highest BCUT2D eigenvalue weighted by Gasteiger charge is 2.53. The zero-order chi connectivity index (χ0) is 24.2. The minimum atomic E-state index is -0.430. The predicted octanol–water partition coefficient (Wildman–Crippen LogP) is 5.08. The fraction of sp³-hybridized carbons (Fsp3) is 0.310. The molecule has 178 valence electrons. The van der Waals surface area contributed by atoms with Crippen molar-refractivity contribution in [2.75, 3.05) is 18.6 Å². The van der Waals surface area contributed by atoms with Crippen LogP contribution in [0.2, 0.25) is 0 Å². The van der Waals surface area contributed by atoms with Crippen molar-refractivity contribution in [3.8, 4) is 0 Å². The standard InChI is InChI=1S/C29H27FN2O3/c1-35-27(34)19-9-11-21(12-10-19)29(15-16-29)31-26(33)22-6-4-7-23-25(22)32(18-28(23)13-14-28)17-20-5-2-3-8-24(20)30/h2-12H,13-18H2,1H3,(H,31,33). The Morgan fingerprint density at radius 1 is 0.971 bits per heavy atom. The number of methoxy groups -OCH3 is 1. The summed E-state index contributed by atoms with van der Waals surface area (Å²) in [6.45, 7) is 1.24. The number of amides is 1. The molecule has 0 aromatic heterocycles. The Hall–Kier alpha value is -3.67. The molecule has 1 amide bonds. The molecule has 2 fully saturated rings. The van der Waals surface area contributed by atoms with Crippen LogP contribution in [0, 0.1) is 5.82 Å². The zero-order valence-corrected chi connectivity index (χ0v) is 19.6. The molecule has 1 aliphatic heterocycles. The van der Waals surface area contributed by atoms with Crippen LogP contribution in [-0.2, 0) is 22.2 Å². The van der Waals surface area contributed by atoms with E-state index in [1.807, 2.05) is 36.4 Å². The van der Waals surface area contributed by atoms with E-state index in [-0.39, 0.29) is 23.1 Å². The summed E-state index contributed by atoms with van der Waals surface area (Å²) in [6.07, 6.45) is 3.87. The van der Waals surface area contributed by atoms with Gasteiger partial charge in [0.05, 0.1) is 29.5 Å². The Bertz CT molecular complexity index is 1330. The molecular formula is C29H27FN2O3. The number of rotatable bonds is 6. The molecule has 1 spiro atoms. The van der Waals surface area contributed by atoms with E-state index in [0.29, 0.717) is 23.2 Å². The molecule has 0 unspecified atom stereocenters. The van der Waals surface area contributed by atoms with Crippen molar-refractivity contribution < 1.29 is 18.7 Å². The van der Waals surface area contributed by atoms with Crippen LogP contribution in [-0.4, -0.2) is 25.5 Å². The molecule has 0 bridgehead atoms. The van der Waals surface area contributed by atoms with Crippen molar-refractivity contribution in [2.45, 2.75) is 43.2 Å². The Kier molecular flexibility index (Phi) is 4.95. The third-order valence-corrected chi connectivity index (χ3v) is 7.80. The molecular weight excluding hydrogens is 443 g/mol. The van der Waals surface area contributed by atoms with E-state index >= 15 is 0 Å². The van der Waals surface area contributed by atoms with Crippen molar-refractivity contribution in [1.29, 1.82) is 0 Å². The first kappa shape index (κ1) is 21.8. The topological polar surface area (TPSA) is 58.6 Å². The number of nitrogens with zero attached hydrogens (tertiary/aromatic N) is 1. The molecule has 1 heterocycles. The quantitative estimate of drug-likeness (QED) is 0.511. The number of carbonyl (C=O) groups excluding carboxylic acids is 2. The Morgan fingerprint density at radius 3 is 2.37 bits per heavy atom. The second kappa shape index (κ2) is 7.94. The molecule has 6 heteroatoms. The fourth-order valence-electron chi connectivity index (χ4n) is 5.51. The maximum Gasteiger partial charge on any atom is 0.337 e. The first-order valence-electron chi connectivity index (χ1n) is 12.1. The van der Waals surface area contributed by atoms with Crippen LogP contribution >= 0.6 is 0 Å². The average molecular weight is 471 g/mol. The van der Waals surface area contributed by atoms with Gasteiger partial charge in [0.1, 0.15) is 5.82 Å². The highest BCUT2D eigenvalue weighted by molar-refractivity contribution is 6.02. The van der Waals surface area contributed by atoms with E-state index in [1.54, 1.807) is 18.2 Å².